The fraction of sp³-hybridized carbons (Fsp3) is 0.176. The number of aromatic nitrogens is 2. The van der Waals surface area contributed by atoms with Crippen molar-refractivity contribution in [2.75, 3.05) is 19.5 Å². The van der Waals surface area contributed by atoms with Gasteiger partial charge in [0.05, 0.1) is 19.1 Å². The second kappa shape index (κ2) is 7.51. The zero-order valence-corrected chi connectivity index (χ0v) is 14.1. The van der Waals surface area contributed by atoms with Crippen molar-refractivity contribution in [2.45, 2.75) is 6.54 Å². The maximum Gasteiger partial charge on any atom is 0.316 e. The van der Waals surface area contributed by atoms with E-state index in [1.54, 1.807) is 32.4 Å². The highest BCUT2D eigenvalue weighted by Gasteiger charge is 2.12. The molecule has 2 aromatic carbocycles. The van der Waals surface area contributed by atoms with E-state index in [1.165, 1.54) is 12.1 Å². The highest BCUT2D eigenvalue weighted by Crippen LogP contribution is 2.26. The van der Waals surface area contributed by atoms with Gasteiger partial charge in [0.25, 0.3) is 5.69 Å². The number of anilines is 1. The minimum Gasteiger partial charge on any atom is -0.497 e. The second-order valence-electron chi connectivity index (χ2n) is 5.25. The Kier molecular flexibility index (Phi) is 4.97. The molecule has 0 aliphatic rings. The summed E-state index contributed by atoms with van der Waals surface area (Å²) < 4.78 is 16.0. The van der Waals surface area contributed by atoms with E-state index in [9.17, 15) is 10.1 Å². The molecule has 0 saturated heterocycles. The molecular weight excluding hydrogens is 340 g/mol. The Balaban J connectivity index is 1.70. The van der Waals surface area contributed by atoms with E-state index in [2.05, 4.69) is 15.5 Å². The van der Waals surface area contributed by atoms with Crippen molar-refractivity contribution in [1.29, 1.82) is 0 Å². The van der Waals surface area contributed by atoms with Crippen LogP contribution in [0.25, 0.3) is 11.5 Å². The van der Waals surface area contributed by atoms with Gasteiger partial charge in [-0.05, 0) is 24.3 Å². The van der Waals surface area contributed by atoms with Crippen LogP contribution in [-0.4, -0.2) is 29.3 Å². The number of nitrogens with zero attached hydrogens (tertiary/aromatic N) is 3. The summed E-state index contributed by atoms with van der Waals surface area (Å²) in [5.74, 6) is 1.64. The Labute approximate surface area is 148 Å². The van der Waals surface area contributed by atoms with Crippen LogP contribution in [0.1, 0.15) is 5.56 Å². The normalized spacial score (nSPS) is 10.4. The van der Waals surface area contributed by atoms with Crippen molar-refractivity contribution < 1.29 is 18.8 Å². The average Bonchev–Trinajstić information content (AvgIpc) is 3.15. The van der Waals surface area contributed by atoms with Gasteiger partial charge in [-0.1, -0.05) is 5.10 Å². The van der Waals surface area contributed by atoms with E-state index in [1.807, 2.05) is 12.1 Å². The van der Waals surface area contributed by atoms with Crippen LogP contribution in [0.15, 0.2) is 46.9 Å². The average molecular weight is 356 g/mol. The zero-order valence-electron chi connectivity index (χ0n) is 14.1. The molecular formula is C17H16N4O5. The largest absolute Gasteiger partial charge is 0.497 e. The monoisotopic (exact) mass is 356 g/mol. The molecule has 0 spiro atoms. The molecule has 1 N–H and O–H groups in total. The number of hydrogen-bond donors (Lipinski definition) is 1. The van der Waals surface area contributed by atoms with Gasteiger partial charge in [-0.2, -0.15) is 0 Å². The van der Waals surface area contributed by atoms with E-state index in [0.29, 0.717) is 23.6 Å². The van der Waals surface area contributed by atoms with Crippen molar-refractivity contribution in [1.82, 2.24) is 10.2 Å². The molecule has 0 aliphatic carbocycles. The van der Waals surface area contributed by atoms with Crippen molar-refractivity contribution in [3.05, 3.63) is 58.1 Å². The number of hydrogen-bond acceptors (Lipinski definition) is 8. The molecule has 0 unspecified atom stereocenters. The molecule has 0 saturated carbocycles. The fourth-order valence-electron chi connectivity index (χ4n) is 2.31. The van der Waals surface area contributed by atoms with Crippen molar-refractivity contribution in [3.63, 3.8) is 0 Å². The Morgan fingerprint density at radius 2 is 1.88 bits per heavy atom. The number of methoxy groups -OCH3 is 2. The minimum atomic E-state index is -0.465. The number of ether oxygens (including phenoxy) is 2. The Hall–Kier alpha value is -3.62. The summed E-state index contributed by atoms with van der Waals surface area (Å²) in [6, 6.07) is 11.6. The van der Waals surface area contributed by atoms with Crippen LogP contribution in [0.5, 0.6) is 11.5 Å². The maximum atomic E-state index is 10.7. The van der Waals surface area contributed by atoms with Crippen LogP contribution >= 0.6 is 0 Å². The van der Waals surface area contributed by atoms with Gasteiger partial charge in [-0.25, -0.2) is 0 Å². The van der Waals surface area contributed by atoms with Gasteiger partial charge < -0.3 is 19.2 Å². The van der Waals surface area contributed by atoms with Crippen LogP contribution < -0.4 is 14.8 Å². The first kappa shape index (κ1) is 17.2. The molecule has 134 valence electrons. The molecule has 0 aliphatic heterocycles. The number of non-ortho nitro benzene ring substituents is 1. The Bertz CT molecular complexity index is 908. The quantitative estimate of drug-likeness (QED) is 0.507. The third-order valence-corrected chi connectivity index (χ3v) is 3.67. The molecule has 9 heteroatoms. The highest BCUT2D eigenvalue weighted by atomic mass is 16.6. The lowest BCUT2D eigenvalue weighted by atomic mass is 10.2. The number of benzene rings is 2. The number of nitrogens with one attached hydrogen (secondary N) is 1. The molecule has 26 heavy (non-hydrogen) atoms. The SMILES string of the molecule is COc1ccc(CNc2nnc(-c3ccc([N+](=O)[O-])cc3)o2)c(OC)c1. The predicted molar refractivity (Wildman–Crippen MR) is 93.3 cm³/mol. The summed E-state index contributed by atoms with van der Waals surface area (Å²) in [6.07, 6.45) is 0. The summed E-state index contributed by atoms with van der Waals surface area (Å²) in [4.78, 5) is 10.2. The van der Waals surface area contributed by atoms with Crippen LogP contribution in [-0.2, 0) is 6.54 Å². The number of rotatable bonds is 7. The third kappa shape index (κ3) is 3.72. The second-order valence-corrected chi connectivity index (χ2v) is 5.25. The Morgan fingerprint density at radius 1 is 1.12 bits per heavy atom. The van der Waals surface area contributed by atoms with Gasteiger partial charge in [-0.15, -0.1) is 5.10 Å². The molecule has 9 nitrogen and oxygen atoms in total. The smallest absolute Gasteiger partial charge is 0.316 e. The molecule has 0 fully saturated rings. The number of nitro benzene ring substituents is 1. The van der Waals surface area contributed by atoms with Crippen molar-refractivity contribution in [3.8, 4) is 23.0 Å². The highest BCUT2D eigenvalue weighted by molar-refractivity contribution is 5.56. The van der Waals surface area contributed by atoms with Gasteiger partial charge in [0, 0.05) is 35.9 Å². The molecule has 0 radical (unpaired) electrons. The lowest BCUT2D eigenvalue weighted by Gasteiger charge is -2.10. The van der Waals surface area contributed by atoms with Crippen molar-refractivity contribution >= 4 is 11.7 Å². The third-order valence-electron chi connectivity index (χ3n) is 3.67. The summed E-state index contributed by atoms with van der Waals surface area (Å²) in [6.45, 7) is 0.412. The first-order chi connectivity index (χ1) is 12.6. The van der Waals surface area contributed by atoms with Crippen LogP contribution in [0.4, 0.5) is 11.7 Å². The summed E-state index contributed by atoms with van der Waals surface area (Å²) in [7, 11) is 3.17. The summed E-state index contributed by atoms with van der Waals surface area (Å²) in [5, 5.41) is 21.6. The molecule has 0 amide bonds. The van der Waals surface area contributed by atoms with Gasteiger partial charge in [0.15, 0.2) is 0 Å². The van der Waals surface area contributed by atoms with Crippen LogP contribution in [0.3, 0.4) is 0 Å². The lowest BCUT2D eigenvalue weighted by molar-refractivity contribution is -0.384. The topological polar surface area (TPSA) is 113 Å². The number of nitro groups is 1. The summed E-state index contributed by atoms with van der Waals surface area (Å²) in [5.41, 5.74) is 1.49. The van der Waals surface area contributed by atoms with Gasteiger partial charge in [-0.3, -0.25) is 10.1 Å². The molecule has 3 aromatic rings. The Morgan fingerprint density at radius 3 is 2.54 bits per heavy atom. The minimum absolute atomic E-state index is 0.00165. The summed E-state index contributed by atoms with van der Waals surface area (Å²) >= 11 is 0. The molecule has 3 rings (SSSR count). The zero-order chi connectivity index (χ0) is 18.5. The van der Waals surface area contributed by atoms with E-state index >= 15 is 0 Å². The molecule has 0 atom stereocenters. The molecule has 1 heterocycles. The van der Waals surface area contributed by atoms with Gasteiger partial charge >= 0.3 is 6.01 Å². The van der Waals surface area contributed by atoms with Crippen molar-refractivity contribution in [2.24, 2.45) is 0 Å². The molecule has 1 aromatic heterocycles. The predicted octanol–water partition coefficient (Wildman–Crippen LogP) is 3.27. The lowest BCUT2D eigenvalue weighted by Crippen LogP contribution is -2.02. The van der Waals surface area contributed by atoms with Gasteiger partial charge in [0.1, 0.15) is 11.5 Å². The van der Waals surface area contributed by atoms with E-state index in [-0.39, 0.29) is 17.6 Å². The standard InChI is InChI=1S/C17H16N4O5/c1-24-14-8-5-12(15(9-14)25-2)10-18-17-20-19-16(26-17)11-3-6-13(7-4-11)21(22)23/h3-9H,10H2,1-2H3,(H,18,20). The fourth-order valence-corrected chi connectivity index (χ4v) is 2.31. The first-order valence-corrected chi connectivity index (χ1v) is 7.64. The van der Waals surface area contributed by atoms with E-state index in [0.717, 1.165) is 5.56 Å². The first-order valence-electron chi connectivity index (χ1n) is 7.64. The van der Waals surface area contributed by atoms with Crippen LogP contribution in [0, 0.1) is 10.1 Å². The molecule has 0 bridgehead atoms. The van der Waals surface area contributed by atoms with E-state index < -0.39 is 4.92 Å². The maximum absolute atomic E-state index is 10.7. The van der Waals surface area contributed by atoms with E-state index in [4.69, 9.17) is 13.9 Å². The van der Waals surface area contributed by atoms with Gasteiger partial charge in [0.2, 0.25) is 5.89 Å². The van der Waals surface area contributed by atoms with Crippen LogP contribution in [0.2, 0.25) is 0 Å².